The number of hydrogen-bond acceptors (Lipinski definition) is 5. The molecular formula is C7H15N3O5. The van der Waals surface area contributed by atoms with E-state index in [1.165, 1.54) is 0 Å². The molecule has 0 saturated carbocycles. The quantitative estimate of drug-likeness (QED) is 0.285. The molecule has 0 saturated heterocycles. The first-order chi connectivity index (χ1) is 7.16. The van der Waals surface area contributed by atoms with Crippen molar-refractivity contribution in [3.63, 3.8) is 0 Å². The summed E-state index contributed by atoms with van der Waals surface area (Å²) in [7, 11) is 0. The third-order valence-corrected chi connectivity index (χ3v) is 1.31. The molecule has 88 valence electrons. The topological polar surface area (TPSA) is 123 Å². The van der Waals surface area contributed by atoms with Gasteiger partial charge in [-0.1, -0.05) is 0 Å². The maximum atomic E-state index is 10.8. The lowest BCUT2D eigenvalue weighted by Gasteiger charge is -2.05. The Morgan fingerprint density at radius 3 is 2.33 bits per heavy atom. The lowest BCUT2D eigenvalue weighted by atomic mass is 10.6. The Morgan fingerprint density at radius 2 is 1.80 bits per heavy atom. The Morgan fingerprint density at radius 1 is 1.20 bits per heavy atom. The van der Waals surface area contributed by atoms with E-state index in [1.54, 1.807) is 0 Å². The Kier molecular flexibility index (Phi) is 8.34. The molecule has 15 heavy (non-hydrogen) atoms. The van der Waals surface area contributed by atoms with E-state index < -0.39 is 6.09 Å². The van der Waals surface area contributed by atoms with Crippen LogP contribution in [0.15, 0.2) is 0 Å². The molecule has 0 aliphatic carbocycles. The van der Waals surface area contributed by atoms with Gasteiger partial charge in [0, 0.05) is 13.1 Å². The first-order valence-electron chi connectivity index (χ1n) is 4.29. The first-order valence-corrected chi connectivity index (χ1v) is 4.29. The average Bonchev–Trinajstić information content (AvgIpc) is 2.16. The van der Waals surface area contributed by atoms with Gasteiger partial charge in [-0.05, 0) is 0 Å². The van der Waals surface area contributed by atoms with E-state index >= 15 is 0 Å². The highest BCUT2D eigenvalue weighted by Crippen LogP contribution is 1.73. The number of carbonyl (C=O) groups excluding carboxylic acids is 1. The molecule has 0 unspecified atom stereocenters. The zero-order chi connectivity index (χ0) is 11.5. The van der Waals surface area contributed by atoms with Gasteiger partial charge in [-0.2, -0.15) is 0 Å². The minimum atomic E-state index is -1.09. The fraction of sp³-hybridized carbons (Fsp3) is 0.714. The highest BCUT2D eigenvalue weighted by molar-refractivity contribution is 5.77. The van der Waals surface area contributed by atoms with Crippen molar-refractivity contribution in [3.05, 3.63) is 0 Å². The lowest BCUT2D eigenvalue weighted by molar-refractivity contribution is -0.126. The lowest BCUT2D eigenvalue weighted by Crippen LogP contribution is -2.32. The molecule has 0 fully saturated rings. The van der Waals surface area contributed by atoms with Crippen LogP contribution in [0.2, 0.25) is 0 Å². The summed E-state index contributed by atoms with van der Waals surface area (Å²) in [5.74, 6) is 4.34. The number of hydrogen-bond donors (Lipinski definition) is 4. The molecule has 0 bridgehead atoms. The highest BCUT2D eigenvalue weighted by Gasteiger charge is 1.98. The fourth-order valence-electron chi connectivity index (χ4n) is 0.722. The smallest absolute Gasteiger partial charge is 0.404 e. The van der Waals surface area contributed by atoms with Gasteiger partial charge in [0.05, 0.1) is 13.2 Å². The van der Waals surface area contributed by atoms with E-state index in [1.807, 2.05) is 0 Å². The van der Waals surface area contributed by atoms with Crippen molar-refractivity contribution in [2.24, 2.45) is 5.90 Å². The second-order valence-electron chi connectivity index (χ2n) is 2.51. The van der Waals surface area contributed by atoms with E-state index in [4.69, 9.17) is 9.84 Å². The molecular weight excluding hydrogens is 206 g/mol. The van der Waals surface area contributed by atoms with Gasteiger partial charge in [0.25, 0.3) is 0 Å². The van der Waals surface area contributed by atoms with Gasteiger partial charge in [0.15, 0.2) is 0 Å². The zero-order valence-corrected chi connectivity index (χ0v) is 8.19. The summed E-state index contributed by atoms with van der Waals surface area (Å²) < 4.78 is 5.00. The molecule has 0 spiro atoms. The summed E-state index contributed by atoms with van der Waals surface area (Å²) in [6, 6.07) is 0. The van der Waals surface area contributed by atoms with Crippen molar-refractivity contribution in [3.8, 4) is 0 Å². The maximum Gasteiger partial charge on any atom is 0.404 e. The van der Waals surface area contributed by atoms with Gasteiger partial charge >= 0.3 is 6.09 Å². The van der Waals surface area contributed by atoms with Crippen LogP contribution in [0.25, 0.3) is 0 Å². The number of nitrogens with two attached hydrogens (primary N) is 1. The number of carbonyl (C=O) groups is 2. The fourth-order valence-corrected chi connectivity index (χ4v) is 0.722. The number of nitrogens with one attached hydrogen (secondary N) is 2. The Balaban J connectivity index is 3.11. The van der Waals surface area contributed by atoms with Gasteiger partial charge in [0.1, 0.15) is 6.61 Å². The van der Waals surface area contributed by atoms with Crippen LogP contribution < -0.4 is 16.5 Å². The van der Waals surface area contributed by atoms with Crippen LogP contribution in [0.5, 0.6) is 0 Å². The first kappa shape index (κ1) is 13.6. The van der Waals surface area contributed by atoms with Crippen LogP contribution >= 0.6 is 0 Å². The number of rotatable bonds is 8. The molecule has 0 rings (SSSR count). The van der Waals surface area contributed by atoms with Crippen LogP contribution in [0.1, 0.15) is 0 Å². The predicted molar refractivity (Wildman–Crippen MR) is 50.0 cm³/mol. The standard InChI is InChI=1S/C7H15N3O5/c8-15-5-6(11)9-1-3-14-4-2-10-7(12)13/h10H,1-5,8H2,(H,9,11)(H,12,13). The predicted octanol–water partition coefficient (Wildman–Crippen LogP) is -1.72. The highest BCUT2D eigenvalue weighted by atomic mass is 16.6. The van der Waals surface area contributed by atoms with E-state index in [0.717, 1.165) is 0 Å². The number of amides is 2. The summed E-state index contributed by atoms with van der Waals surface area (Å²) in [5.41, 5.74) is 0. The molecule has 8 heteroatoms. The van der Waals surface area contributed by atoms with Crippen molar-refractivity contribution in [1.82, 2.24) is 10.6 Å². The van der Waals surface area contributed by atoms with E-state index in [9.17, 15) is 9.59 Å². The minimum absolute atomic E-state index is 0.194. The second-order valence-corrected chi connectivity index (χ2v) is 2.51. The van der Waals surface area contributed by atoms with Gasteiger partial charge in [-0.3, -0.25) is 9.63 Å². The maximum absolute atomic E-state index is 10.8. The van der Waals surface area contributed by atoms with E-state index in [-0.39, 0.29) is 25.7 Å². The van der Waals surface area contributed by atoms with E-state index in [2.05, 4.69) is 21.4 Å². The SMILES string of the molecule is NOCC(=O)NCCOCCNC(=O)O. The third-order valence-electron chi connectivity index (χ3n) is 1.31. The molecule has 5 N–H and O–H groups in total. The molecule has 0 aromatic rings. The minimum Gasteiger partial charge on any atom is -0.465 e. The third kappa shape index (κ3) is 10.5. The van der Waals surface area contributed by atoms with Gasteiger partial charge < -0.3 is 20.5 Å². The molecule has 0 aliphatic heterocycles. The molecule has 0 radical (unpaired) electrons. The van der Waals surface area contributed by atoms with Gasteiger partial charge in [-0.25, -0.2) is 10.7 Å². The Labute approximate surface area is 86.7 Å². The van der Waals surface area contributed by atoms with Gasteiger partial charge in [0.2, 0.25) is 5.91 Å². The molecule has 2 amide bonds. The summed E-state index contributed by atoms with van der Waals surface area (Å²) >= 11 is 0. The Bertz CT molecular complexity index is 199. The average molecular weight is 221 g/mol. The largest absolute Gasteiger partial charge is 0.465 e. The normalized spacial score (nSPS) is 9.67. The zero-order valence-electron chi connectivity index (χ0n) is 8.19. The van der Waals surface area contributed by atoms with Crippen LogP contribution in [-0.2, 0) is 14.4 Å². The molecule has 8 nitrogen and oxygen atoms in total. The molecule has 0 atom stereocenters. The summed E-state index contributed by atoms with van der Waals surface area (Å²) in [4.78, 5) is 24.9. The molecule has 0 aromatic carbocycles. The second kappa shape index (κ2) is 9.19. The van der Waals surface area contributed by atoms with Crippen molar-refractivity contribution >= 4 is 12.0 Å². The number of carboxylic acid groups (broad SMARTS) is 1. The van der Waals surface area contributed by atoms with Crippen molar-refractivity contribution in [2.75, 3.05) is 32.9 Å². The summed E-state index contributed by atoms with van der Waals surface area (Å²) in [6.45, 7) is 0.915. The molecule has 0 heterocycles. The van der Waals surface area contributed by atoms with E-state index in [0.29, 0.717) is 13.2 Å². The Hall–Kier alpha value is -1.38. The van der Waals surface area contributed by atoms with Crippen molar-refractivity contribution in [2.45, 2.75) is 0 Å². The van der Waals surface area contributed by atoms with Crippen LogP contribution in [0.4, 0.5) is 4.79 Å². The number of ether oxygens (including phenoxy) is 1. The van der Waals surface area contributed by atoms with Crippen molar-refractivity contribution in [1.29, 1.82) is 0 Å². The van der Waals surface area contributed by atoms with Crippen LogP contribution in [0.3, 0.4) is 0 Å². The monoisotopic (exact) mass is 221 g/mol. The van der Waals surface area contributed by atoms with Crippen LogP contribution in [0, 0.1) is 0 Å². The molecule has 0 aromatic heterocycles. The summed E-state index contributed by atoms with van der Waals surface area (Å²) in [6.07, 6.45) is -1.09. The van der Waals surface area contributed by atoms with Gasteiger partial charge in [-0.15, -0.1) is 0 Å². The van der Waals surface area contributed by atoms with Crippen molar-refractivity contribution < 1.29 is 24.3 Å². The summed E-state index contributed by atoms with van der Waals surface area (Å²) in [5, 5.41) is 12.8. The van der Waals surface area contributed by atoms with Crippen LogP contribution in [-0.4, -0.2) is 50.0 Å². The molecule has 0 aliphatic rings.